The second-order valence-corrected chi connectivity index (χ2v) is 4.66. The molecule has 0 fully saturated rings. The summed E-state index contributed by atoms with van der Waals surface area (Å²) in [4.78, 5) is 23.8. The lowest BCUT2D eigenvalue weighted by molar-refractivity contribution is -0.124. The van der Waals surface area contributed by atoms with Gasteiger partial charge >= 0.3 is 5.97 Å². The van der Waals surface area contributed by atoms with Crippen LogP contribution >= 0.6 is 23.4 Å². The number of hydrogen-bond acceptors (Lipinski definition) is 4. The molecule has 1 aromatic rings. The third kappa shape index (κ3) is 4.23. The normalized spacial score (nSPS) is 9.94. The van der Waals surface area contributed by atoms with E-state index in [2.05, 4.69) is 5.32 Å². The second-order valence-electron chi connectivity index (χ2n) is 3.38. The maximum atomic E-state index is 11.7. The molecule has 0 aliphatic heterocycles. The summed E-state index contributed by atoms with van der Waals surface area (Å²) in [6, 6.07) is 5.09. The molecule has 1 aromatic carbocycles. The van der Waals surface area contributed by atoms with Crippen molar-refractivity contribution in [2.75, 3.05) is 19.4 Å². The Kier molecular flexibility index (Phi) is 6.01. The molecule has 98 valence electrons. The predicted octanol–water partition coefficient (Wildman–Crippen LogP) is 2.35. The minimum Gasteiger partial charge on any atom is -0.452 e. The number of carbonyl (C=O) groups is 2. The number of ether oxygens (including phenoxy) is 1. The highest BCUT2D eigenvalue weighted by molar-refractivity contribution is 7.98. The highest BCUT2D eigenvalue weighted by atomic mass is 35.5. The lowest BCUT2D eigenvalue weighted by atomic mass is 10.2. The van der Waals surface area contributed by atoms with Gasteiger partial charge in [-0.25, -0.2) is 4.79 Å². The van der Waals surface area contributed by atoms with E-state index in [-0.39, 0.29) is 18.1 Å². The summed E-state index contributed by atoms with van der Waals surface area (Å²) in [6.07, 6.45) is 1.90. The van der Waals surface area contributed by atoms with Crippen LogP contribution in [-0.4, -0.2) is 31.3 Å². The van der Waals surface area contributed by atoms with Gasteiger partial charge in [-0.15, -0.1) is 11.8 Å². The number of amides is 1. The van der Waals surface area contributed by atoms with E-state index in [4.69, 9.17) is 16.3 Å². The SMILES string of the molecule is CCNC(=O)COC(=O)c1cc(SC)ccc1Cl. The highest BCUT2D eigenvalue weighted by Crippen LogP contribution is 2.23. The molecule has 1 amide bonds. The van der Waals surface area contributed by atoms with Gasteiger partial charge in [0, 0.05) is 11.4 Å². The van der Waals surface area contributed by atoms with Gasteiger partial charge in [-0.3, -0.25) is 4.79 Å². The fraction of sp³-hybridized carbons (Fsp3) is 0.333. The number of benzene rings is 1. The number of carbonyl (C=O) groups excluding carboxylic acids is 2. The number of likely N-dealkylation sites (N-methyl/N-ethyl adjacent to an activating group) is 1. The van der Waals surface area contributed by atoms with Crippen LogP contribution in [0.15, 0.2) is 23.1 Å². The average molecular weight is 288 g/mol. The Morgan fingerprint density at radius 3 is 2.78 bits per heavy atom. The fourth-order valence-electron chi connectivity index (χ4n) is 1.24. The Bertz CT molecular complexity index is 451. The molecule has 4 nitrogen and oxygen atoms in total. The van der Waals surface area contributed by atoms with Crippen LogP contribution in [-0.2, 0) is 9.53 Å². The Morgan fingerprint density at radius 1 is 1.44 bits per heavy atom. The quantitative estimate of drug-likeness (QED) is 0.667. The number of halogens is 1. The van der Waals surface area contributed by atoms with E-state index in [0.29, 0.717) is 11.6 Å². The molecule has 6 heteroatoms. The molecule has 0 bridgehead atoms. The van der Waals surface area contributed by atoms with Crippen LogP contribution in [0.2, 0.25) is 5.02 Å². The van der Waals surface area contributed by atoms with E-state index in [9.17, 15) is 9.59 Å². The monoisotopic (exact) mass is 287 g/mol. The van der Waals surface area contributed by atoms with Crippen molar-refractivity contribution in [3.63, 3.8) is 0 Å². The van der Waals surface area contributed by atoms with Crippen molar-refractivity contribution >= 4 is 35.2 Å². The zero-order valence-corrected chi connectivity index (χ0v) is 11.7. The molecule has 0 unspecified atom stereocenters. The zero-order chi connectivity index (χ0) is 13.5. The first kappa shape index (κ1) is 14.9. The van der Waals surface area contributed by atoms with Crippen molar-refractivity contribution < 1.29 is 14.3 Å². The molecule has 0 aromatic heterocycles. The molecule has 0 saturated carbocycles. The maximum absolute atomic E-state index is 11.7. The molecule has 0 heterocycles. The van der Waals surface area contributed by atoms with E-state index in [1.165, 1.54) is 11.8 Å². The fourth-order valence-corrected chi connectivity index (χ4v) is 1.88. The lowest BCUT2D eigenvalue weighted by Gasteiger charge is -2.07. The van der Waals surface area contributed by atoms with Gasteiger partial charge in [-0.2, -0.15) is 0 Å². The number of rotatable bonds is 5. The molecule has 0 aliphatic carbocycles. The first-order chi connectivity index (χ1) is 8.58. The van der Waals surface area contributed by atoms with Gasteiger partial charge < -0.3 is 10.1 Å². The number of thioether (sulfide) groups is 1. The number of esters is 1. The third-order valence-electron chi connectivity index (χ3n) is 2.10. The van der Waals surface area contributed by atoms with Gasteiger partial charge in [0.1, 0.15) is 0 Å². The summed E-state index contributed by atoms with van der Waals surface area (Å²) in [5, 5.41) is 2.85. The number of nitrogens with one attached hydrogen (secondary N) is 1. The molecular formula is C12H14ClNO3S. The van der Waals surface area contributed by atoms with Crippen molar-refractivity contribution in [1.29, 1.82) is 0 Å². The predicted molar refractivity (Wildman–Crippen MR) is 72.2 cm³/mol. The van der Waals surface area contributed by atoms with Crippen molar-refractivity contribution in [3.8, 4) is 0 Å². The zero-order valence-electron chi connectivity index (χ0n) is 10.2. The van der Waals surface area contributed by atoms with Gasteiger partial charge in [0.2, 0.25) is 0 Å². The minimum atomic E-state index is -0.595. The van der Waals surface area contributed by atoms with Crippen LogP contribution in [0.1, 0.15) is 17.3 Å². The molecule has 18 heavy (non-hydrogen) atoms. The average Bonchev–Trinajstić information content (AvgIpc) is 2.37. The summed E-state index contributed by atoms with van der Waals surface area (Å²) < 4.78 is 4.88. The van der Waals surface area contributed by atoms with Crippen LogP contribution in [0.5, 0.6) is 0 Å². The summed E-state index contributed by atoms with van der Waals surface area (Å²) in [5.41, 5.74) is 0.271. The maximum Gasteiger partial charge on any atom is 0.340 e. The molecule has 0 atom stereocenters. The summed E-state index contributed by atoms with van der Waals surface area (Å²) in [7, 11) is 0. The van der Waals surface area contributed by atoms with E-state index in [1.54, 1.807) is 19.1 Å². The van der Waals surface area contributed by atoms with Crippen LogP contribution in [0.4, 0.5) is 0 Å². The highest BCUT2D eigenvalue weighted by Gasteiger charge is 2.14. The van der Waals surface area contributed by atoms with E-state index in [0.717, 1.165) is 4.90 Å². The Morgan fingerprint density at radius 2 is 2.17 bits per heavy atom. The number of hydrogen-bond donors (Lipinski definition) is 1. The third-order valence-corrected chi connectivity index (χ3v) is 3.16. The van der Waals surface area contributed by atoms with Gasteiger partial charge in [0.05, 0.1) is 10.6 Å². The van der Waals surface area contributed by atoms with Gasteiger partial charge in [-0.1, -0.05) is 11.6 Å². The van der Waals surface area contributed by atoms with Crippen LogP contribution in [0.3, 0.4) is 0 Å². The van der Waals surface area contributed by atoms with Crippen LogP contribution < -0.4 is 5.32 Å². The Hall–Kier alpha value is -1.20. The smallest absolute Gasteiger partial charge is 0.340 e. The van der Waals surface area contributed by atoms with Gasteiger partial charge in [-0.05, 0) is 31.4 Å². The largest absolute Gasteiger partial charge is 0.452 e. The lowest BCUT2D eigenvalue weighted by Crippen LogP contribution is -2.28. The first-order valence-corrected chi connectivity index (χ1v) is 6.96. The van der Waals surface area contributed by atoms with Gasteiger partial charge in [0.15, 0.2) is 6.61 Å². The van der Waals surface area contributed by atoms with E-state index in [1.807, 2.05) is 12.3 Å². The molecule has 0 aliphatic rings. The van der Waals surface area contributed by atoms with Crippen molar-refractivity contribution in [2.45, 2.75) is 11.8 Å². The summed E-state index contributed by atoms with van der Waals surface area (Å²) >= 11 is 7.41. The molecule has 1 rings (SSSR count). The summed E-state index contributed by atoms with van der Waals surface area (Å²) in [5.74, 6) is -0.926. The van der Waals surface area contributed by atoms with Crippen molar-refractivity contribution in [1.82, 2.24) is 5.32 Å². The first-order valence-electron chi connectivity index (χ1n) is 5.35. The van der Waals surface area contributed by atoms with Crippen LogP contribution in [0, 0.1) is 0 Å². The molecule has 0 spiro atoms. The molecule has 0 radical (unpaired) electrons. The van der Waals surface area contributed by atoms with Crippen molar-refractivity contribution in [2.24, 2.45) is 0 Å². The van der Waals surface area contributed by atoms with Gasteiger partial charge in [0.25, 0.3) is 5.91 Å². The summed E-state index contributed by atoms with van der Waals surface area (Å²) in [6.45, 7) is 1.99. The van der Waals surface area contributed by atoms with E-state index < -0.39 is 5.97 Å². The second kappa shape index (κ2) is 7.28. The molecule has 1 N–H and O–H groups in total. The van der Waals surface area contributed by atoms with Crippen molar-refractivity contribution in [3.05, 3.63) is 28.8 Å². The topological polar surface area (TPSA) is 55.4 Å². The molecular weight excluding hydrogens is 274 g/mol. The Balaban J connectivity index is 2.69. The van der Waals surface area contributed by atoms with Crippen LogP contribution in [0.25, 0.3) is 0 Å². The Labute approximate surface area is 115 Å². The standard InChI is InChI=1S/C12H14ClNO3S/c1-3-14-11(15)7-17-12(16)9-6-8(18-2)4-5-10(9)13/h4-6H,3,7H2,1-2H3,(H,14,15). The van der Waals surface area contributed by atoms with E-state index >= 15 is 0 Å². The minimum absolute atomic E-state index is 0.271. The molecule has 0 saturated heterocycles.